The lowest BCUT2D eigenvalue weighted by Gasteiger charge is -2.27. The smallest absolute Gasteiger partial charge is 0.310 e. The number of carboxylic acids is 1. The minimum Gasteiger partial charge on any atom is -0.481 e. The van der Waals surface area contributed by atoms with Gasteiger partial charge in [0.25, 0.3) is 5.91 Å². The third-order valence-corrected chi connectivity index (χ3v) is 5.19. The first kappa shape index (κ1) is 17.7. The summed E-state index contributed by atoms with van der Waals surface area (Å²) < 4.78 is 10.8. The summed E-state index contributed by atoms with van der Waals surface area (Å²) in [5.41, 5.74) is 1.04. The molecule has 4 atom stereocenters. The highest BCUT2D eigenvalue weighted by molar-refractivity contribution is 5.98. The summed E-state index contributed by atoms with van der Waals surface area (Å²) in [6.45, 7) is 2.19. The average molecular weight is 372 g/mol. The molecule has 0 aromatic heterocycles. The van der Waals surface area contributed by atoms with Crippen LogP contribution in [0.15, 0.2) is 36.4 Å². The first-order valence-corrected chi connectivity index (χ1v) is 8.89. The highest BCUT2D eigenvalue weighted by Gasteiger charge is 2.53. The topological polar surface area (TPSA) is 105 Å². The van der Waals surface area contributed by atoms with Crippen LogP contribution < -0.4 is 5.32 Å². The second-order valence-electron chi connectivity index (χ2n) is 6.81. The quantitative estimate of drug-likeness (QED) is 0.756. The van der Waals surface area contributed by atoms with Crippen molar-refractivity contribution in [2.45, 2.75) is 12.2 Å². The zero-order chi connectivity index (χ0) is 19.0. The predicted molar refractivity (Wildman–Crippen MR) is 94.2 cm³/mol. The second kappa shape index (κ2) is 7.13. The number of hydrogen-bond donors (Lipinski definition) is 2. The van der Waals surface area contributed by atoms with Crippen LogP contribution in [0, 0.1) is 11.8 Å². The number of nitrogens with zero attached hydrogens (tertiary/aromatic N) is 1. The molecule has 0 saturated carbocycles. The Hall–Kier alpha value is -2.71. The number of aliphatic carboxylic acids is 1. The molecule has 0 spiro atoms. The molecule has 0 radical (unpaired) electrons. The number of amides is 2. The van der Waals surface area contributed by atoms with E-state index in [1.807, 2.05) is 0 Å². The summed E-state index contributed by atoms with van der Waals surface area (Å²) >= 11 is 0. The van der Waals surface area contributed by atoms with Crippen molar-refractivity contribution in [3.8, 4) is 0 Å². The van der Waals surface area contributed by atoms with Gasteiger partial charge in [0.05, 0.1) is 31.3 Å². The lowest BCUT2D eigenvalue weighted by atomic mass is 9.82. The minimum atomic E-state index is -1.04. The largest absolute Gasteiger partial charge is 0.481 e. The van der Waals surface area contributed by atoms with Crippen LogP contribution >= 0.6 is 0 Å². The van der Waals surface area contributed by atoms with Gasteiger partial charge in [0.2, 0.25) is 5.91 Å². The molecule has 1 aromatic carbocycles. The number of carboxylic acid groups (broad SMARTS) is 1. The van der Waals surface area contributed by atoms with E-state index in [1.165, 1.54) is 0 Å². The number of carbonyl (C=O) groups excluding carboxylic acids is 2. The van der Waals surface area contributed by atoms with Gasteiger partial charge >= 0.3 is 5.97 Å². The number of hydrogen-bond acceptors (Lipinski definition) is 5. The third-order valence-electron chi connectivity index (χ3n) is 5.19. The maximum absolute atomic E-state index is 12.6. The molecule has 1 aromatic rings. The van der Waals surface area contributed by atoms with Crippen molar-refractivity contribution >= 4 is 23.5 Å². The molecule has 8 nitrogen and oxygen atoms in total. The second-order valence-corrected chi connectivity index (χ2v) is 6.81. The van der Waals surface area contributed by atoms with Gasteiger partial charge in [-0.15, -0.1) is 0 Å². The minimum absolute atomic E-state index is 0.0752. The average Bonchev–Trinajstić information content (AvgIpc) is 3.30. The van der Waals surface area contributed by atoms with Crippen molar-refractivity contribution in [1.82, 2.24) is 4.90 Å². The molecule has 2 amide bonds. The summed E-state index contributed by atoms with van der Waals surface area (Å²) in [7, 11) is 0. The van der Waals surface area contributed by atoms with E-state index in [1.54, 1.807) is 41.3 Å². The fourth-order valence-electron chi connectivity index (χ4n) is 3.79. The van der Waals surface area contributed by atoms with E-state index in [-0.39, 0.29) is 5.91 Å². The van der Waals surface area contributed by atoms with Gasteiger partial charge in [-0.25, -0.2) is 0 Å². The summed E-state index contributed by atoms with van der Waals surface area (Å²) in [5.74, 6) is -3.17. The fraction of sp³-hybridized carbons (Fsp3) is 0.421. The van der Waals surface area contributed by atoms with E-state index in [4.69, 9.17) is 9.47 Å². The Balaban J connectivity index is 1.42. The van der Waals surface area contributed by atoms with Gasteiger partial charge in [0, 0.05) is 24.3 Å². The monoisotopic (exact) mass is 372 g/mol. The molecule has 142 valence electrons. The highest BCUT2D eigenvalue weighted by Crippen LogP contribution is 2.39. The normalized spacial score (nSPS) is 29.0. The van der Waals surface area contributed by atoms with Crippen molar-refractivity contribution in [2.75, 3.05) is 31.6 Å². The standard InChI is InChI=1S/C19H20N2O6/c22-17(15-13-5-6-14(27-13)16(15)19(24)25)20-12-3-1-11(2-4-12)18(23)21-7-9-26-10-8-21/h1-6,13-16H,7-10H2,(H,20,22)(H,24,25)/t13-,14+,15-,16-/m0/s1. The molecule has 27 heavy (non-hydrogen) atoms. The number of benzene rings is 1. The number of ether oxygens (including phenoxy) is 2. The van der Waals surface area contributed by atoms with Crippen molar-refractivity contribution in [3.05, 3.63) is 42.0 Å². The number of carbonyl (C=O) groups is 3. The van der Waals surface area contributed by atoms with Crippen LogP contribution in [0.25, 0.3) is 0 Å². The van der Waals surface area contributed by atoms with Gasteiger partial charge in [-0.05, 0) is 24.3 Å². The predicted octanol–water partition coefficient (Wildman–Crippen LogP) is 0.752. The van der Waals surface area contributed by atoms with Gasteiger partial charge in [-0.3, -0.25) is 14.4 Å². The van der Waals surface area contributed by atoms with Gasteiger partial charge in [0.1, 0.15) is 5.92 Å². The first-order valence-electron chi connectivity index (χ1n) is 8.89. The maximum Gasteiger partial charge on any atom is 0.310 e. The van der Waals surface area contributed by atoms with E-state index >= 15 is 0 Å². The van der Waals surface area contributed by atoms with Gasteiger partial charge in [-0.1, -0.05) is 12.2 Å². The number of anilines is 1. The van der Waals surface area contributed by atoms with Crippen LogP contribution in [-0.2, 0) is 19.1 Å². The molecule has 2 N–H and O–H groups in total. The SMILES string of the molecule is O=C(Nc1ccc(C(=O)N2CCOCC2)cc1)[C@@H]1[C@@H](C(=O)O)[C@H]2C=C[C@@H]1O2. The van der Waals surface area contributed by atoms with E-state index in [2.05, 4.69) is 5.32 Å². The van der Waals surface area contributed by atoms with Crippen molar-refractivity contribution in [1.29, 1.82) is 0 Å². The summed E-state index contributed by atoms with van der Waals surface area (Å²) in [6.07, 6.45) is 2.35. The van der Waals surface area contributed by atoms with Crippen LogP contribution in [0.1, 0.15) is 10.4 Å². The maximum atomic E-state index is 12.6. The lowest BCUT2D eigenvalue weighted by Crippen LogP contribution is -2.40. The lowest BCUT2D eigenvalue weighted by molar-refractivity contribution is -0.145. The number of morpholine rings is 1. The fourth-order valence-corrected chi connectivity index (χ4v) is 3.79. The third kappa shape index (κ3) is 3.33. The van der Waals surface area contributed by atoms with Crippen LogP contribution in [-0.4, -0.2) is 66.3 Å². The van der Waals surface area contributed by atoms with Gasteiger partial charge in [0.15, 0.2) is 0 Å². The summed E-state index contributed by atoms with van der Waals surface area (Å²) in [6, 6.07) is 6.59. The first-order chi connectivity index (χ1) is 13.0. The Morgan fingerprint density at radius 3 is 2.26 bits per heavy atom. The van der Waals surface area contributed by atoms with E-state index in [9.17, 15) is 19.5 Å². The zero-order valence-electron chi connectivity index (χ0n) is 14.5. The molecule has 8 heteroatoms. The molecule has 4 rings (SSSR count). The van der Waals surface area contributed by atoms with Crippen LogP contribution in [0.4, 0.5) is 5.69 Å². The summed E-state index contributed by atoms with van der Waals surface area (Å²) in [4.78, 5) is 38.3. The Labute approximate surface area is 155 Å². The Kier molecular flexibility index (Phi) is 4.67. The van der Waals surface area contributed by atoms with Crippen molar-refractivity contribution < 1.29 is 29.0 Å². The molecule has 0 aliphatic carbocycles. The van der Waals surface area contributed by atoms with E-state index in [0.717, 1.165) is 0 Å². The molecule has 2 fully saturated rings. The Morgan fingerprint density at radius 2 is 1.63 bits per heavy atom. The van der Waals surface area contributed by atoms with Crippen LogP contribution in [0.5, 0.6) is 0 Å². The molecule has 2 saturated heterocycles. The molecular formula is C19H20N2O6. The molecular weight excluding hydrogens is 352 g/mol. The van der Waals surface area contributed by atoms with Crippen LogP contribution in [0.2, 0.25) is 0 Å². The number of fused-ring (bicyclic) bond motifs is 2. The Morgan fingerprint density at radius 1 is 1.00 bits per heavy atom. The molecule has 3 aliphatic heterocycles. The van der Waals surface area contributed by atoms with E-state index in [0.29, 0.717) is 37.6 Å². The molecule has 3 aliphatic rings. The van der Waals surface area contributed by atoms with Crippen molar-refractivity contribution in [3.63, 3.8) is 0 Å². The van der Waals surface area contributed by atoms with Crippen molar-refractivity contribution in [2.24, 2.45) is 11.8 Å². The van der Waals surface area contributed by atoms with Gasteiger partial charge in [-0.2, -0.15) is 0 Å². The van der Waals surface area contributed by atoms with E-state index < -0.39 is 35.9 Å². The number of rotatable bonds is 4. The summed E-state index contributed by atoms with van der Waals surface area (Å²) in [5, 5.41) is 12.1. The number of nitrogens with one attached hydrogen (secondary N) is 1. The van der Waals surface area contributed by atoms with Gasteiger partial charge < -0.3 is 24.8 Å². The highest BCUT2D eigenvalue weighted by atomic mass is 16.5. The molecule has 0 unspecified atom stereocenters. The zero-order valence-corrected chi connectivity index (χ0v) is 14.5. The molecule has 2 bridgehead atoms. The van der Waals surface area contributed by atoms with Crippen LogP contribution in [0.3, 0.4) is 0 Å². The molecule has 3 heterocycles. The Bertz CT molecular complexity index is 784.